The molecule has 2 N–H and O–H groups in total. The number of hydrogen-bond acceptors (Lipinski definition) is 2. The number of benzene rings is 1. The standard InChI is InChI=1S/C16H23N3/c1-5-14-18-15(13-8-6-7-12(4)9-13)16(17)19(14)10-11(2)3/h6-9,11H,5,10,17H2,1-4H3. The topological polar surface area (TPSA) is 43.8 Å². The van der Waals surface area contributed by atoms with Crippen LogP contribution in [0.2, 0.25) is 0 Å². The molecular weight excluding hydrogens is 234 g/mol. The monoisotopic (exact) mass is 257 g/mol. The molecule has 3 nitrogen and oxygen atoms in total. The van der Waals surface area contributed by atoms with E-state index in [-0.39, 0.29) is 0 Å². The van der Waals surface area contributed by atoms with E-state index in [9.17, 15) is 0 Å². The van der Waals surface area contributed by atoms with Gasteiger partial charge in [0, 0.05) is 18.5 Å². The summed E-state index contributed by atoms with van der Waals surface area (Å²) >= 11 is 0. The zero-order valence-electron chi connectivity index (χ0n) is 12.3. The minimum atomic E-state index is 0.562. The Bertz CT molecular complexity index is 567. The summed E-state index contributed by atoms with van der Waals surface area (Å²) in [5.74, 6) is 2.42. The average molecular weight is 257 g/mol. The first-order valence-electron chi connectivity index (χ1n) is 6.94. The number of imidazole rings is 1. The second kappa shape index (κ2) is 5.47. The van der Waals surface area contributed by atoms with Crippen LogP contribution >= 0.6 is 0 Å². The molecule has 3 heteroatoms. The number of aromatic nitrogens is 2. The van der Waals surface area contributed by atoms with Gasteiger partial charge in [-0.25, -0.2) is 4.98 Å². The van der Waals surface area contributed by atoms with Crippen LogP contribution in [0.15, 0.2) is 24.3 Å². The maximum absolute atomic E-state index is 6.31. The van der Waals surface area contributed by atoms with E-state index in [0.29, 0.717) is 5.92 Å². The molecule has 0 radical (unpaired) electrons. The molecule has 1 heterocycles. The van der Waals surface area contributed by atoms with Crippen LogP contribution in [0.3, 0.4) is 0 Å². The fraction of sp³-hybridized carbons (Fsp3) is 0.438. The molecule has 0 bridgehead atoms. The number of hydrogen-bond donors (Lipinski definition) is 1. The summed E-state index contributed by atoms with van der Waals surface area (Å²) in [5.41, 5.74) is 9.56. The van der Waals surface area contributed by atoms with E-state index in [4.69, 9.17) is 10.7 Å². The van der Waals surface area contributed by atoms with Gasteiger partial charge in [0.1, 0.15) is 17.3 Å². The van der Waals surface area contributed by atoms with Crippen LogP contribution in [0.4, 0.5) is 5.82 Å². The Morgan fingerprint density at radius 2 is 2.05 bits per heavy atom. The number of anilines is 1. The predicted molar refractivity (Wildman–Crippen MR) is 81.0 cm³/mol. The van der Waals surface area contributed by atoms with E-state index >= 15 is 0 Å². The van der Waals surface area contributed by atoms with Gasteiger partial charge >= 0.3 is 0 Å². The number of rotatable bonds is 4. The molecule has 2 rings (SSSR count). The largest absolute Gasteiger partial charge is 0.383 e. The van der Waals surface area contributed by atoms with Crippen molar-refractivity contribution in [3.63, 3.8) is 0 Å². The van der Waals surface area contributed by atoms with Gasteiger partial charge in [-0.3, -0.25) is 0 Å². The smallest absolute Gasteiger partial charge is 0.131 e. The minimum absolute atomic E-state index is 0.562. The fourth-order valence-electron chi connectivity index (χ4n) is 2.36. The van der Waals surface area contributed by atoms with Gasteiger partial charge in [0.15, 0.2) is 0 Å². The summed E-state index contributed by atoms with van der Waals surface area (Å²) < 4.78 is 2.16. The van der Waals surface area contributed by atoms with Crippen LogP contribution in [0.1, 0.15) is 32.2 Å². The Labute approximate surface area is 115 Å². The molecule has 0 spiro atoms. The third-order valence-electron chi connectivity index (χ3n) is 3.24. The molecule has 0 aliphatic heterocycles. The molecule has 0 aliphatic carbocycles. The summed E-state index contributed by atoms with van der Waals surface area (Å²) in [6.07, 6.45) is 0.905. The summed E-state index contributed by atoms with van der Waals surface area (Å²) in [7, 11) is 0. The van der Waals surface area contributed by atoms with Crippen molar-refractivity contribution in [2.45, 2.75) is 40.7 Å². The zero-order valence-corrected chi connectivity index (χ0v) is 12.3. The summed E-state index contributed by atoms with van der Waals surface area (Å²) in [6.45, 7) is 9.54. The van der Waals surface area contributed by atoms with Gasteiger partial charge in [-0.15, -0.1) is 0 Å². The maximum atomic E-state index is 6.31. The third kappa shape index (κ3) is 2.80. The SMILES string of the molecule is CCc1nc(-c2cccc(C)c2)c(N)n1CC(C)C. The summed E-state index contributed by atoms with van der Waals surface area (Å²) in [5, 5.41) is 0. The highest BCUT2D eigenvalue weighted by atomic mass is 15.1. The highest BCUT2D eigenvalue weighted by Crippen LogP contribution is 2.28. The van der Waals surface area contributed by atoms with Crippen LogP contribution in [0.25, 0.3) is 11.3 Å². The van der Waals surface area contributed by atoms with Crippen LogP contribution < -0.4 is 5.73 Å². The number of nitrogen functional groups attached to an aromatic ring is 1. The molecule has 0 amide bonds. The van der Waals surface area contributed by atoms with Crippen molar-refractivity contribution in [1.29, 1.82) is 0 Å². The molecule has 1 aromatic carbocycles. The molecule has 0 unspecified atom stereocenters. The van der Waals surface area contributed by atoms with E-state index < -0.39 is 0 Å². The molecule has 0 aliphatic rings. The van der Waals surface area contributed by atoms with Crippen molar-refractivity contribution in [3.05, 3.63) is 35.7 Å². The molecule has 19 heavy (non-hydrogen) atoms. The van der Waals surface area contributed by atoms with Crippen LogP contribution in [0.5, 0.6) is 0 Å². The van der Waals surface area contributed by atoms with Crippen LogP contribution in [0, 0.1) is 12.8 Å². The fourth-order valence-corrected chi connectivity index (χ4v) is 2.36. The van der Waals surface area contributed by atoms with Gasteiger partial charge in [-0.2, -0.15) is 0 Å². The van der Waals surface area contributed by atoms with Gasteiger partial charge in [0.25, 0.3) is 0 Å². The lowest BCUT2D eigenvalue weighted by atomic mass is 10.1. The van der Waals surface area contributed by atoms with Crippen molar-refractivity contribution >= 4 is 5.82 Å². The number of aryl methyl sites for hydroxylation is 2. The molecule has 2 aromatic rings. The van der Waals surface area contributed by atoms with E-state index in [0.717, 1.165) is 35.9 Å². The van der Waals surface area contributed by atoms with Crippen LogP contribution in [-0.4, -0.2) is 9.55 Å². The van der Waals surface area contributed by atoms with Gasteiger partial charge in [0.05, 0.1) is 0 Å². The molecule has 0 saturated heterocycles. The molecule has 1 aromatic heterocycles. The summed E-state index contributed by atoms with van der Waals surface area (Å²) in [4.78, 5) is 4.73. The third-order valence-corrected chi connectivity index (χ3v) is 3.24. The van der Waals surface area contributed by atoms with Gasteiger partial charge in [0.2, 0.25) is 0 Å². The minimum Gasteiger partial charge on any atom is -0.383 e. The van der Waals surface area contributed by atoms with Crippen molar-refractivity contribution in [1.82, 2.24) is 9.55 Å². The Balaban J connectivity index is 2.50. The highest BCUT2D eigenvalue weighted by Gasteiger charge is 2.15. The molecular formula is C16H23N3. The highest BCUT2D eigenvalue weighted by molar-refractivity contribution is 5.71. The van der Waals surface area contributed by atoms with Crippen LogP contribution in [-0.2, 0) is 13.0 Å². The number of nitrogens with zero attached hydrogens (tertiary/aromatic N) is 2. The normalized spacial score (nSPS) is 11.2. The second-order valence-corrected chi connectivity index (χ2v) is 5.49. The lowest BCUT2D eigenvalue weighted by molar-refractivity contribution is 0.513. The van der Waals surface area contributed by atoms with E-state index in [1.165, 1.54) is 5.56 Å². The Hall–Kier alpha value is -1.77. The van der Waals surface area contributed by atoms with Gasteiger partial charge in [-0.05, 0) is 18.9 Å². The average Bonchev–Trinajstić information content (AvgIpc) is 2.66. The van der Waals surface area contributed by atoms with Crippen molar-refractivity contribution in [3.8, 4) is 11.3 Å². The zero-order chi connectivity index (χ0) is 14.0. The lowest BCUT2D eigenvalue weighted by Gasteiger charge is -2.11. The predicted octanol–water partition coefficient (Wildman–Crippen LogP) is 3.66. The number of nitrogens with two attached hydrogens (primary N) is 1. The van der Waals surface area contributed by atoms with Crippen molar-refractivity contribution in [2.75, 3.05) is 5.73 Å². The second-order valence-electron chi connectivity index (χ2n) is 5.49. The first-order valence-corrected chi connectivity index (χ1v) is 6.94. The Morgan fingerprint density at radius 1 is 1.32 bits per heavy atom. The first-order chi connectivity index (χ1) is 9.02. The Morgan fingerprint density at radius 3 is 2.63 bits per heavy atom. The molecule has 0 atom stereocenters. The van der Waals surface area contributed by atoms with E-state index in [2.05, 4.69) is 56.5 Å². The molecule has 0 saturated carbocycles. The maximum Gasteiger partial charge on any atom is 0.131 e. The van der Waals surface area contributed by atoms with Crippen molar-refractivity contribution in [2.24, 2.45) is 5.92 Å². The lowest BCUT2D eigenvalue weighted by Crippen LogP contribution is -2.10. The summed E-state index contributed by atoms with van der Waals surface area (Å²) in [6, 6.07) is 8.35. The van der Waals surface area contributed by atoms with E-state index in [1.807, 2.05) is 0 Å². The Kier molecular flexibility index (Phi) is 3.93. The molecule has 102 valence electrons. The molecule has 0 fully saturated rings. The van der Waals surface area contributed by atoms with E-state index in [1.54, 1.807) is 0 Å². The quantitative estimate of drug-likeness (QED) is 0.908. The van der Waals surface area contributed by atoms with Gasteiger partial charge in [-0.1, -0.05) is 44.5 Å². The first kappa shape index (κ1) is 13.7. The van der Waals surface area contributed by atoms with Gasteiger partial charge < -0.3 is 10.3 Å². The van der Waals surface area contributed by atoms with Crippen molar-refractivity contribution < 1.29 is 0 Å².